The molecule has 1 aromatic carbocycles. The van der Waals surface area contributed by atoms with Crippen LogP contribution >= 0.6 is 11.8 Å². The number of nitrogens with one attached hydrogen (secondary N) is 2. The molecule has 0 saturated heterocycles. The SMILES string of the molecule is CCN(CC)C1=NC(=O)C(CC(=O)Nc2cccc(C(=O)NCc3ccco3)c2)S1. The van der Waals surface area contributed by atoms with Crippen LogP contribution in [-0.4, -0.2) is 46.1 Å². The highest BCUT2D eigenvalue weighted by molar-refractivity contribution is 8.15. The molecule has 2 N–H and O–H groups in total. The summed E-state index contributed by atoms with van der Waals surface area (Å²) in [5.74, 6) is -0.216. The molecule has 3 amide bonds. The fourth-order valence-electron chi connectivity index (χ4n) is 2.94. The van der Waals surface area contributed by atoms with Crippen molar-refractivity contribution >= 4 is 40.3 Å². The molecule has 0 spiro atoms. The Bertz CT molecular complexity index is 938. The van der Waals surface area contributed by atoms with Crippen LogP contribution in [0.4, 0.5) is 5.69 Å². The molecule has 1 aromatic heterocycles. The molecule has 1 aliphatic heterocycles. The number of aliphatic imine (C=N–C) groups is 1. The molecule has 1 atom stereocenters. The van der Waals surface area contributed by atoms with Crippen LogP contribution in [-0.2, 0) is 16.1 Å². The van der Waals surface area contributed by atoms with Crippen molar-refractivity contribution in [1.82, 2.24) is 10.2 Å². The molecule has 30 heavy (non-hydrogen) atoms. The molecule has 0 fully saturated rings. The molecule has 1 aliphatic rings. The van der Waals surface area contributed by atoms with Gasteiger partial charge in [0, 0.05) is 30.8 Å². The highest BCUT2D eigenvalue weighted by Gasteiger charge is 2.32. The van der Waals surface area contributed by atoms with E-state index in [1.807, 2.05) is 18.7 Å². The van der Waals surface area contributed by atoms with Gasteiger partial charge in [-0.2, -0.15) is 4.99 Å². The van der Waals surface area contributed by atoms with Gasteiger partial charge < -0.3 is 20.0 Å². The number of nitrogens with zero attached hydrogens (tertiary/aromatic N) is 2. The first-order valence-electron chi connectivity index (χ1n) is 9.74. The van der Waals surface area contributed by atoms with Gasteiger partial charge in [-0.3, -0.25) is 14.4 Å². The summed E-state index contributed by atoms with van der Waals surface area (Å²) in [7, 11) is 0. The summed E-state index contributed by atoms with van der Waals surface area (Å²) in [5, 5.41) is 5.66. The Morgan fingerprint density at radius 1 is 1.20 bits per heavy atom. The summed E-state index contributed by atoms with van der Waals surface area (Å²) in [4.78, 5) is 43.0. The zero-order valence-electron chi connectivity index (χ0n) is 16.9. The van der Waals surface area contributed by atoms with Crippen LogP contribution in [0.5, 0.6) is 0 Å². The summed E-state index contributed by atoms with van der Waals surface area (Å²) in [6.45, 7) is 5.77. The van der Waals surface area contributed by atoms with Crippen LogP contribution < -0.4 is 10.6 Å². The highest BCUT2D eigenvalue weighted by Crippen LogP contribution is 2.27. The topological polar surface area (TPSA) is 104 Å². The van der Waals surface area contributed by atoms with Gasteiger partial charge in [0.05, 0.1) is 12.8 Å². The predicted octanol–water partition coefficient (Wildman–Crippen LogP) is 2.88. The third-order valence-corrected chi connectivity index (χ3v) is 5.76. The van der Waals surface area contributed by atoms with E-state index < -0.39 is 5.25 Å². The van der Waals surface area contributed by atoms with Crippen molar-refractivity contribution in [2.75, 3.05) is 18.4 Å². The van der Waals surface area contributed by atoms with Gasteiger partial charge >= 0.3 is 0 Å². The monoisotopic (exact) mass is 428 g/mol. The number of anilines is 1. The Labute approximate surface area is 179 Å². The van der Waals surface area contributed by atoms with Crippen molar-refractivity contribution in [2.24, 2.45) is 4.99 Å². The van der Waals surface area contributed by atoms with Crippen LogP contribution in [0, 0.1) is 0 Å². The van der Waals surface area contributed by atoms with Crippen LogP contribution in [0.1, 0.15) is 36.4 Å². The third-order valence-electron chi connectivity index (χ3n) is 4.55. The van der Waals surface area contributed by atoms with Gasteiger partial charge in [-0.1, -0.05) is 17.8 Å². The Hall–Kier alpha value is -3.07. The first kappa shape index (κ1) is 21.6. The Morgan fingerprint density at radius 2 is 2.00 bits per heavy atom. The van der Waals surface area contributed by atoms with E-state index in [9.17, 15) is 14.4 Å². The van der Waals surface area contributed by atoms with E-state index in [-0.39, 0.29) is 30.7 Å². The van der Waals surface area contributed by atoms with Crippen molar-refractivity contribution in [2.45, 2.75) is 32.1 Å². The maximum atomic E-state index is 12.4. The van der Waals surface area contributed by atoms with Crippen molar-refractivity contribution in [3.63, 3.8) is 0 Å². The molecule has 9 heteroatoms. The highest BCUT2D eigenvalue weighted by atomic mass is 32.2. The molecular weight excluding hydrogens is 404 g/mol. The first-order chi connectivity index (χ1) is 14.5. The number of hydrogen-bond acceptors (Lipinski definition) is 6. The number of rotatable bonds is 8. The van der Waals surface area contributed by atoms with Gasteiger partial charge in [0.15, 0.2) is 5.17 Å². The minimum atomic E-state index is -0.527. The Morgan fingerprint density at radius 3 is 2.70 bits per heavy atom. The molecule has 0 saturated carbocycles. The number of furan rings is 1. The summed E-state index contributed by atoms with van der Waals surface area (Å²) < 4.78 is 5.19. The molecule has 0 radical (unpaired) electrons. The van der Waals surface area contributed by atoms with Crippen molar-refractivity contribution in [3.05, 3.63) is 54.0 Å². The minimum Gasteiger partial charge on any atom is -0.467 e. The van der Waals surface area contributed by atoms with E-state index in [0.29, 0.717) is 22.2 Å². The summed E-state index contributed by atoms with van der Waals surface area (Å²) in [5.41, 5.74) is 0.906. The molecule has 0 bridgehead atoms. The number of carbonyl (C=O) groups is 3. The average Bonchev–Trinajstić information content (AvgIpc) is 3.37. The van der Waals surface area contributed by atoms with Crippen LogP contribution in [0.25, 0.3) is 0 Å². The van der Waals surface area contributed by atoms with E-state index in [2.05, 4.69) is 15.6 Å². The average molecular weight is 429 g/mol. The standard InChI is InChI=1S/C21H24N4O4S/c1-3-25(4-2)21-24-20(28)17(30-21)12-18(26)23-15-8-5-7-14(11-15)19(27)22-13-16-9-6-10-29-16/h5-11,17H,3-4,12-13H2,1-2H3,(H,22,27)(H,23,26). The number of amides is 3. The molecule has 2 heterocycles. The zero-order chi connectivity index (χ0) is 21.5. The van der Waals surface area contributed by atoms with Gasteiger partial charge in [0.2, 0.25) is 5.91 Å². The quantitative estimate of drug-likeness (QED) is 0.670. The molecule has 8 nitrogen and oxygen atoms in total. The van der Waals surface area contributed by atoms with E-state index in [4.69, 9.17) is 4.42 Å². The van der Waals surface area contributed by atoms with Crippen molar-refractivity contribution in [3.8, 4) is 0 Å². The predicted molar refractivity (Wildman–Crippen MR) is 116 cm³/mol. The van der Waals surface area contributed by atoms with E-state index in [1.54, 1.807) is 42.7 Å². The Balaban J connectivity index is 1.54. The molecule has 158 valence electrons. The third kappa shape index (κ3) is 5.50. The van der Waals surface area contributed by atoms with E-state index >= 15 is 0 Å². The number of benzene rings is 1. The molecule has 1 unspecified atom stereocenters. The van der Waals surface area contributed by atoms with Gasteiger partial charge in [0.25, 0.3) is 11.8 Å². The van der Waals surface area contributed by atoms with Crippen LogP contribution in [0.3, 0.4) is 0 Å². The minimum absolute atomic E-state index is 0.0205. The lowest BCUT2D eigenvalue weighted by molar-refractivity contribution is -0.121. The summed E-state index contributed by atoms with van der Waals surface area (Å²) >= 11 is 1.32. The second-order valence-electron chi connectivity index (χ2n) is 6.61. The number of thioether (sulfide) groups is 1. The lowest BCUT2D eigenvalue weighted by Gasteiger charge is -2.19. The van der Waals surface area contributed by atoms with E-state index in [0.717, 1.165) is 13.1 Å². The maximum Gasteiger partial charge on any atom is 0.262 e. The largest absolute Gasteiger partial charge is 0.467 e. The zero-order valence-corrected chi connectivity index (χ0v) is 17.7. The molecule has 0 aliphatic carbocycles. The first-order valence-corrected chi connectivity index (χ1v) is 10.6. The van der Waals surface area contributed by atoms with Gasteiger partial charge in [-0.05, 0) is 44.2 Å². The summed E-state index contributed by atoms with van der Waals surface area (Å²) in [6.07, 6.45) is 1.56. The fourth-order valence-corrected chi connectivity index (χ4v) is 4.13. The lowest BCUT2D eigenvalue weighted by Crippen LogP contribution is -2.28. The smallest absolute Gasteiger partial charge is 0.262 e. The second kappa shape index (κ2) is 10.1. The Kier molecular flexibility index (Phi) is 7.29. The van der Waals surface area contributed by atoms with Gasteiger partial charge in [0.1, 0.15) is 11.0 Å². The molecular formula is C21H24N4O4S. The van der Waals surface area contributed by atoms with Gasteiger partial charge in [-0.25, -0.2) is 0 Å². The fraction of sp³-hybridized carbons (Fsp3) is 0.333. The van der Waals surface area contributed by atoms with Crippen molar-refractivity contribution in [1.29, 1.82) is 0 Å². The van der Waals surface area contributed by atoms with Crippen LogP contribution in [0.15, 0.2) is 52.1 Å². The maximum absolute atomic E-state index is 12.4. The normalized spacial score (nSPS) is 15.6. The molecule has 3 rings (SSSR count). The molecule has 2 aromatic rings. The van der Waals surface area contributed by atoms with Gasteiger partial charge in [-0.15, -0.1) is 0 Å². The van der Waals surface area contributed by atoms with Crippen molar-refractivity contribution < 1.29 is 18.8 Å². The lowest BCUT2D eigenvalue weighted by atomic mass is 10.1. The summed E-state index contributed by atoms with van der Waals surface area (Å²) in [6, 6.07) is 10.2. The number of hydrogen-bond donors (Lipinski definition) is 2. The van der Waals surface area contributed by atoms with Crippen LogP contribution in [0.2, 0.25) is 0 Å². The number of carbonyl (C=O) groups excluding carboxylic acids is 3. The van der Waals surface area contributed by atoms with E-state index in [1.165, 1.54) is 11.8 Å². The number of amidine groups is 1. The second-order valence-corrected chi connectivity index (χ2v) is 7.78.